The van der Waals surface area contributed by atoms with E-state index >= 15 is 8.78 Å². The molecule has 2 aliphatic carbocycles. The van der Waals surface area contributed by atoms with E-state index in [1.807, 2.05) is 12.1 Å². The number of ether oxygens (including phenoxy) is 1. The van der Waals surface area contributed by atoms with Crippen LogP contribution in [0.25, 0.3) is 6.08 Å². The van der Waals surface area contributed by atoms with Crippen molar-refractivity contribution < 1.29 is 22.3 Å². The first-order valence-electron chi connectivity index (χ1n) is 13.3. The Morgan fingerprint density at radius 1 is 0.778 bits per heavy atom. The van der Waals surface area contributed by atoms with Crippen LogP contribution in [0.1, 0.15) is 93.2 Å². The van der Waals surface area contributed by atoms with Gasteiger partial charge < -0.3 is 4.74 Å². The summed E-state index contributed by atoms with van der Waals surface area (Å²) >= 11 is 0. The van der Waals surface area contributed by atoms with E-state index in [4.69, 9.17) is 4.74 Å². The molecule has 2 saturated carbocycles. The summed E-state index contributed by atoms with van der Waals surface area (Å²) < 4.78 is 64.1. The fourth-order valence-electron chi connectivity index (χ4n) is 5.68. The molecule has 2 aromatic rings. The molecule has 2 aromatic carbocycles. The Labute approximate surface area is 212 Å². The van der Waals surface area contributed by atoms with Gasteiger partial charge in [-0.3, -0.25) is 0 Å². The van der Waals surface area contributed by atoms with Crippen LogP contribution < -0.4 is 4.74 Å². The maximum Gasteiger partial charge on any atom is 0.201 e. The molecule has 0 amide bonds. The van der Waals surface area contributed by atoms with E-state index in [2.05, 4.69) is 13.5 Å². The minimum Gasteiger partial charge on any atom is -0.490 e. The van der Waals surface area contributed by atoms with E-state index in [0.717, 1.165) is 51.4 Å². The predicted molar refractivity (Wildman–Crippen MR) is 137 cm³/mol. The number of rotatable bonds is 8. The molecule has 0 spiro atoms. The summed E-state index contributed by atoms with van der Waals surface area (Å²) in [6.45, 7) is 6.03. The molecular formula is C31H36F4O. The third kappa shape index (κ3) is 6.04. The number of allylic oxidation sites excluding steroid dienone is 1. The summed E-state index contributed by atoms with van der Waals surface area (Å²) in [5, 5.41) is 0. The molecule has 0 heterocycles. The minimum atomic E-state index is -0.992. The molecule has 0 N–H and O–H groups in total. The van der Waals surface area contributed by atoms with E-state index < -0.39 is 23.3 Å². The molecule has 0 unspecified atom stereocenters. The molecule has 0 saturated heterocycles. The Hall–Kier alpha value is -2.56. The summed E-state index contributed by atoms with van der Waals surface area (Å²) in [6.07, 6.45) is 12.7. The van der Waals surface area contributed by atoms with Gasteiger partial charge in [0.05, 0.1) is 6.61 Å². The zero-order valence-corrected chi connectivity index (χ0v) is 21.0. The zero-order valence-electron chi connectivity index (χ0n) is 21.0. The monoisotopic (exact) mass is 500 g/mol. The van der Waals surface area contributed by atoms with Crippen LogP contribution >= 0.6 is 0 Å². The van der Waals surface area contributed by atoms with E-state index in [1.54, 1.807) is 18.2 Å². The van der Waals surface area contributed by atoms with Gasteiger partial charge in [-0.15, -0.1) is 6.58 Å². The topological polar surface area (TPSA) is 9.23 Å². The Bertz CT molecular complexity index is 1080. The fourth-order valence-corrected chi connectivity index (χ4v) is 5.68. The highest BCUT2D eigenvalue weighted by Crippen LogP contribution is 2.41. The van der Waals surface area contributed by atoms with Crippen LogP contribution in [0.4, 0.5) is 17.6 Å². The van der Waals surface area contributed by atoms with Crippen LogP contribution in [-0.4, -0.2) is 6.61 Å². The first-order valence-corrected chi connectivity index (χ1v) is 13.3. The van der Waals surface area contributed by atoms with Gasteiger partial charge in [0.2, 0.25) is 5.82 Å². The van der Waals surface area contributed by atoms with Crippen LogP contribution in [0.5, 0.6) is 5.75 Å². The van der Waals surface area contributed by atoms with Crippen LogP contribution in [0.3, 0.4) is 0 Å². The lowest BCUT2D eigenvalue weighted by molar-refractivity contribution is 0.301. The van der Waals surface area contributed by atoms with Gasteiger partial charge in [0, 0.05) is 5.56 Å². The van der Waals surface area contributed by atoms with Crippen molar-refractivity contribution in [1.82, 2.24) is 0 Å². The van der Waals surface area contributed by atoms with Crippen molar-refractivity contribution in [2.24, 2.45) is 11.8 Å². The summed E-state index contributed by atoms with van der Waals surface area (Å²) in [7, 11) is 0. The molecule has 2 fully saturated rings. The summed E-state index contributed by atoms with van der Waals surface area (Å²) in [4.78, 5) is 0. The van der Waals surface area contributed by atoms with Crippen molar-refractivity contribution in [2.75, 3.05) is 6.61 Å². The second-order valence-electron chi connectivity index (χ2n) is 10.5. The smallest absolute Gasteiger partial charge is 0.201 e. The number of halogens is 4. The SMILES string of the molecule is C=CCCOc1ccc(/C=C/C2CCC(c3ccc(C4CCC(C)CC4)c(F)c3F)CC2)c(F)c1F. The second kappa shape index (κ2) is 12.1. The lowest BCUT2D eigenvalue weighted by Gasteiger charge is -2.29. The third-order valence-corrected chi connectivity index (χ3v) is 8.01. The zero-order chi connectivity index (χ0) is 25.7. The quantitative estimate of drug-likeness (QED) is 0.199. The molecule has 0 aliphatic heterocycles. The third-order valence-electron chi connectivity index (χ3n) is 8.01. The van der Waals surface area contributed by atoms with Crippen LogP contribution in [0, 0.1) is 35.1 Å². The summed E-state index contributed by atoms with van der Waals surface area (Å²) in [6, 6.07) is 6.55. The maximum atomic E-state index is 15.1. The molecule has 1 nitrogen and oxygen atoms in total. The van der Waals surface area contributed by atoms with Crippen molar-refractivity contribution >= 4 is 6.08 Å². The van der Waals surface area contributed by atoms with Gasteiger partial charge in [0.1, 0.15) is 0 Å². The molecule has 36 heavy (non-hydrogen) atoms. The standard InChI is InChI=1S/C31H36F4O/c1-3-4-19-36-27-18-15-24(28(32)31(27)35)14-9-21-7-12-23(13-8-21)26-17-16-25(29(33)30(26)34)22-10-5-20(2)6-11-22/h3,9,14-18,20-23H,1,4-8,10-13,19H2,2H3/b14-9+. The largest absolute Gasteiger partial charge is 0.490 e. The van der Waals surface area contributed by atoms with Gasteiger partial charge in [0.15, 0.2) is 23.2 Å². The average molecular weight is 501 g/mol. The Balaban J connectivity index is 1.36. The molecule has 0 bridgehead atoms. The van der Waals surface area contributed by atoms with Crippen molar-refractivity contribution in [2.45, 2.75) is 76.5 Å². The van der Waals surface area contributed by atoms with Crippen molar-refractivity contribution in [3.8, 4) is 5.75 Å². The van der Waals surface area contributed by atoms with E-state index in [0.29, 0.717) is 23.5 Å². The van der Waals surface area contributed by atoms with Crippen molar-refractivity contribution in [3.05, 3.63) is 83.0 Å². The van der Waals surface area contributed by atoms with Gasteiger partial charge in [-0.25, -0.2) is 13.2 Å². The normalized spacial score (nSPS) is 24.7. The predicted octanol–water partition coefficient (Wildman–Crippen LogP) is 9.48. The van der Waals surface area contributed by atoms with Gasteiger partial charge in [0.25, 0.3) is 0 Å². The second-order valence-corrected chi connectivity index (χ2v) is 10.5. The average Bonchev–Trinajstić information content (AvgIpc) is 2.89. The Morgan fingerprint density at radius 2 is 1.36 bits per heavy atom. The maximum absolute atomic E-state index is 15.1. The molecular weight excluding hydrogens is 464 g/mol. The van der Waals surface area contributed by atoms with Gasteiger partial charge in [-0.05, 0) is 91.9 Å². The van der Waals surface area contributed by atoms with Crippen LogP contribution in [-0.2, 0) is 0 Å². The molecule has 2 aliphatic rings. The number of benzene rings is 2. The van der Waals surface area contributed by atoms with Gasteiger partial charge in [-0.2, -0.15) is 4.39 Å². The highest BCUT2D eigenvalue weighted by molar-refractivity contribution is 5.52. The molecule has 194 valence electrons. The van der Waals surface area contributed by atoms with Gasteiger partial charge >= 0.3 is 0 Å². The summed E-state index contributed by atoms with van der Waals surface area (Å²) in [5.41, 5.74) is 1.18. The molecule has 5 heteroatoms. The fraction of sp³-hybridized carbons (Fsp3) is 0.484. The first-order chi connectivity index (χ1) is 17.4. The van der Waals surface area contributed by atoms with E-state index in [1.165, 1.54) is 12.1 Å². The highest BCUT2D eigenvalue weighted by atomic mass is 19.2. The first kappa shape index (κ1) is 26.5. The number of hydrogen-bond acceptors (Lipinski definition) is 1. The minimum absolute atomic E-state index is 0.0224. The molecule has 4 rings (SSSR count). The van der Waals surface area contributed by atoms with E-state index in [9.17, 15) is 8.78 Å². The summed E-state index contributed by atoms with van der Waals surface area (Å²) in [5.74, 6) is -2.44. The lowest BCUT2D eigenvalue weighted by Crippen LogP contribution is -2.16. The molecule has 0 aromatic heterocycles. The Morgan fingerprint density at radius 3 is 1.94 bits per heavy atom. The highest BCUT2D eigenvalue weighted by Gasteiger charge is 2.28. The molecule has 0 atom stereocenters. The lowest BCUT2D eigenvalue weighted by atomic mass is 9.76. The number of hydrogen-bond donors (Lipinski definition) is 0. The van der Waals surface area contributed by atoms with Gasteiger partial charge in [-0.1, -0.05) is 50.1 Å². The van der Waals surface area contributed by atoms with Crippen LogP contribution in [0.15, 0.2) is 43.0 Å². The van der Waals surface area contributed by atoms with Crippen molar-refractivity contribution in [1.29, 1.82) is 0 Å². The molecule has 0 radical (unpaired) electrons. The Kier molecular flexibility index (Phi) is 8.92. The van der Waals surface area contributed by atoms with Crippen LogP contribution in [0.2, 0.25) is 0 Å². The van der Waals surface area contributed by atoms with E-state index in [-0.39, 0.29) is 35.7 Å². The van der Waals surface area contributed by atoms with Crippen molar-refractivity contribution in [3.63, 3.8) is 0 Å².